The van der Waals surface area contributed by atoms with E-state index in [9.17, 15) is 4.79 Å². The van der Waals surface area contributed by atoms with Crippen LogP contribution in [0.25, 0.3) is 32.9 Å². The highest BCUT2D eigenvalue weighted by atomic mass is 32.1. The zero-order chi connectivity index (χ0) is 20.7. The highest BCUT2D eigenvalue weighted by Gasteiger charge is 2.30. The summed E-state index contributed by atoms with van der Waals surface area (Å²) in [6.45, 7) is 5.08. The molecule has 7 heteroatoms. The first-order chi connectivity index (χ1) is 14.6. The van der Waals surface area contributed by atoms with E-state index >= 15 is 0 Å². The van der Waals surface area contributed by atoms with Crippen LogP contribution >= 0.6 is 11.3 Å². The third kappa shape index (κ3) is 3.40. The molecule has 6 nitrogen and oxygen atoms in total. The highest BCUT2D eigenvalue weighted by molar-refractivity contribution is 7.13. The van der Waals surface area contributed by atoms with Gasteiger partial charge in [0.25, 0.3) is 11.6 Å². The number of carbonyl (C=O) groups is 1. The van der Waals surface area contributed by atoms with E-state index in [1.165, 1.54) is 0 Å². The third-order valence-corrected chi connectivity index (χ3v) is 6.10. The van der Waals surface area contributed by atoms with Crippen molar-refractivity contribution < 1.29 is 14.1 Å². The summed E-state index contributed by atoms with van der Waals surface area (Å²) < 4.78 is 11.4. The number of amides is 1. The Kier molecular flexibility index (Phi) is 4.84. The van der Waals surface area contributed by atoms with Crippen molar-refractivity contribution in [2.45, 2.75) is 26.1 Å². The number of hydrogen-bond acceptors (Lipinski definition) is 6. The van der Waals surface area contributed by atoms with Crippen molar-refractivity contribution in [1.29, 1.82) is 0 Å². The molecule has 1 aliphatic heterocycles. The largest absolute Gasteiger partial charge is 0.372 e. The summed E-state index contributed by atoms with van der Waals surface area (Å²) in [6.07, 6.45) is -0.0225. The van der Waals surface area contributed by atoms with Gasteiger partial charge in [-0.05, 0) is 31.4 Å². The topological polar surface area (TPSA) is 68.5 Å². The zero-order valence-corrected chi connectivity index (χ0v) is 17.6. The predicted octanol–water partition coefficient (Wildman–Crippen LogP) is 4.87. The molecule has 152 valence electrons. The van der Waals surface area contributed by atoms with E-state index in [-0.39, 0.29) is 18.1 Å². The molecule has 1 fully saturated rings. The van der Waals surface area contributed by atoms with Crippen LogP contribution in [0.5, 0.6) is 0 Å². The molecule has 1 aromatic carbocycles. The van der Waals surface area contributed by atoms with Crippen molar-refractivity contribution in [3.63, 3.8) is 0 Å². The van der Waals surface area contributed by atoms with Crippen molar-refractivity contribution in [2.75, 3.05) is 13.1 Å². The van der Waals surface area contributed by atoms with E-state index in [2.05, 4.69) is 10.1 Å². The van der Waals surface area contributed by atoms with E-state index in [4.69, 9.17) is 9.26 Å². The van der Waals surface area contributed by atoms with Gasteiger partial charge < -0.3 is 14.2 Å². The molecule has 1 aliphatic rings. The lowest BCUT2D eigenvalue weighted by atomic mass is 10.0. The Hall–Kier alpha value is -3.03. The molecule has 30 heavy (non-hydrogen) atoms. The zero-order valence-electron chi connectivity index (χ0n) is 16.7. The van der Waals surface area contributed by atoms with Crippen LogP contribution < -0.4 is 0 Å². The molecule has 0 bridgehead atoms. The molecule has 3 aromatic heterocycles. The van der Waals surface area contributed by atoms with Crippen LogP contribution in [0.2, 0.25) is 0 Å². The Morgan fingerprint density at radius 2 is 1.87 bits per heavy atom. The molecular weight excluding hydrogens is 398 g/mol. The average molecular weight is 420 g/mol. The number of fused-ring (bicyclic) bond motifs is 1. The van der Waals surface area contributed by atoms with E-state index in [1.54, 1.807) is 11.3 Å². The van der Waals surface area contributed by atoms with E-state index in [1.807, 2.05) is 72.7 Å². The number of aromatic nitrogens is 2. The summed E-state index contributed by atoms with van der Waals surface area (Å²) in [7, 11) is 0. The first kappa shape index (κ1) is 19.0. The lowest BCUT2D eigenvalue weighted by Gasteiger charge is -2.35. The lowest BCUT2D eigenvalue weighted by Crippen LogP contribution is -2.48. The number of pyridine rings is 1. The quantitative estimate of drug-likeness (QED) is 0.474. The molecule has 2 unspecified atom stereocenters. The summed E-state index contributed by atoms with van der Waals surface area (Å²) in [6, 6.07) is 15.6. The summed E-state index contributed by atoms with van der Waals surface area (Å²) in [5.41, 5.74) is 3.17. The maximum Gasteiger partial charge on any atom is 0.259 e. The van der Waals surface area contributed by atoms with Crippen LogP contribution in [0.4, 0.5) is 0 Å². The molecule has 5 rings (SSSR count). The Labute approximate surface area is 178 Å². The second-order valence-electron chi connectivity index (χ2n) is 7.58. The van der Waals surface area contributed by atoms with Gasteiger partial charge in [0.1, 0.15) is 5.69 Å². The number of morpholine rings is 1. The summed E-state index contributed by atoms with van der Waals surface area (Å²) in [5.74, 6) is -0.0532. The van der Waals surface area contributed by atoms with Gasteiger partial charge >= 0.3 is 0 Å². The molecular formula is C23H21N3O3S. The SMILES string of the molecule is CC1CN(C(=O)c2cc(-c3cccs3)nc3onc(-c4ccccc4)c23)CC(C)O1. The summed E-state index contributed by atoms with van der Waals surface area (Å²) in [5, 5.41) is 6.92. The number of thiophene rings is 1. The van der Waals surface area contributed by atoms with Crippen molar-refractivity contribution in [3.8, 4) is 21.8 Å². The molecule has 0 radical (unpaired) electrons. The van der Waals surface area contributed by atoms with Crippen LogP contribution in [-0.4, -0.2) is 46.2 Å². The molecule has 0 saturated carbocycles. The predicted molar refractivity (Wildman–Crippen MR) is 116 cm³/mol. The molecule has 1 saturated heterocycles. The van der Waals surface area contributed by atoms with Crippen LogP contribution in [0.1, 0.15) is 24.2 Å². The molecule has 1 amide bonds. The van der Waals surface area contributed by atoms with Gasteiger partial charge in [-0.3, -0.25) is 4.79 Å². The van der Waals surface area contributed by atoms with E-state index in [0.29, 0.717) is 41.1 Å². The minimum absolute atomic E-state index is 0.0112. The number of benzene rings is 1. The standard InChI is InChI=1S/C23H21N3O3S/c1-14-12-26(13-15(2)28-14)23(27)17-11-18(19-9-6-10-30-19)24-22-20(17)21(25-29-22)16-7-4-3-5-8-16/h3-11,14-15H,12-13H2,1-2H3. The minimum atomic E-state index is -0.0532. The van der Waals surface area contributed by atoms with Gasteiger partial charge in [-0.1, -0.05) is 41.6 Å². The first-order valence-electron chi connectivity index (χ1n) is 9.94. The van der Waals surface area contributed by atoms with Crippen molar-refractivity contribution >= 4 is 28.3 Å². The van der Waals surface area contributed by atoms with Gasteiger partial charge in [-0.25, -0.2) is 4.98 Å². The minimum Gasteiger partial charge on any atom is -0.372 e. The smallest absolute Gasteiger partial charge is 0.259 e. The maximum absolute atomic E-state index is 13.7. The third-order valence-electron chi connectivity index (χ3n) is 5.20. The Bertz CT molecular complexity index is 1180. The van der Waals surface area contributed by atoms with Crippen molar-refractivity contribution in [1.82, 2.24) is 15.0 Å². The Morgan fingerprint density at radius 3 is 2.57 bits per heavy atom. The summed E-state index contributed by atoms with van der Waals surface area (Å²) in [4.78, 5) is 21.2. The number of ether oxygens (including phenoxy) is 1. The lowest BCUT2D eigenvalue weighted by molar-refractivity contribution is -0.0585. The van der Waals surface area contributed by atoms with Gasteiger partial charge in [-0.15, -0.1) is 11.3 Å². The van der Waals surface area contributed by atoms with Crippen LogP contribution in [0.3, 0.4) is 0 Å². The van der Waals surface area contributed by atoms with Crippen molar-refractivity contribution in [3.05, 3.63) is 59.5 Å². The average Bonchev–Trinajstić information content (AvgIpc) is 3.42. The van der Waals surface area contributed by atoms with Crippen LogP contribution in [0, 0.1) is 0 Å². The van der Waals surface area contributed by atoms with Gasteiger partial charge in [0, 0.05) is 18.7 Å². The maximum atomic E-state index is 13.7. The van der Waals surface area contributed by atoms with Gasteiger partial charge in [0.05, 0.1) is 33.7 Å². The highest BCUT2D eigenvalue weighted by Crippen LogP contribution is 2.34. The second kappa shape index (κ2) is 7.66. The molecule has 0 spiro atoms. The van der Waals surface area contributed by atoms with Crippen LogP contribution in [0.15, 0.2) is 58.4 Å². The van der Waals surface area contributed by atoms with Gasteiger partial charge in [-0.2, -0.15) is 0 Å². The monoisotopic (exact) mass is 419 g/mol. The molecule has 4 heterocycles. The van der Waals surface area contributed by atoms with E-state index < -0.39 is 0 Å². The fraction of sp³-hybridized carbons (Fsp3) is 0.261. The van der Waals surface area contributed by atoms with Gasteiger partial charge in [0.15, 0.2) is 0 Å². The second-order valence-corrected chi connectivity index (χ2v) is 8.52. The molecule has 4 aromatic rings. The van der Waals surface area contributed by atoms with E-state index in [0.717, 1.165) is 10.4 Å². The number of rotatable bonds is 3. The summed E-state index contributed by atoms with van der Waals surface area (Å²) >= 11 is 1.58. The number of carbonyl (C=O) groups excluding carboxylic acids is 1. The molecule has 0 aliphatic carbocycles. The normalized spacial score (nSPS) is 19.3. The first-order valence-corrected chi connectivity index (χ1v) is 10.8. The molecule has 2 atom stereocenters. The Morgan fingerprint density at radius 1 is 1.10 bits per heavy atom. The van der Waals surface area contributed by atoms with Crippen LogP contribution in [-0.2, 0) is 4.74 Å². The fourth-order valence-electron chi connectivity index (χ4n) is 3.98. The Balaban J connectivity index is 1.69. The molecule has 0 N–H and O–H groups in total. The van der Waals surface area contributed by atoms with Gasteiger partial charge in [0.2, 0.25) is 0 Å². The fourth-order valence-corrected chi connectivity index (χ4v) is 4.66. The number of nitrogens with zero attached hydrogens (tertiary/aromatic N) is 3. The van der Waals surface area contributed by atoms with Crippen molar-refractivity contribution in [2.24, 2.45) is 0 Å². The number of hydrogen-bond donors (Lipinski definition) is 0.